The van der Waals surface area contributed by atoms with E-state index >= 15 is 0 Å². The Morgan fingerprint density at radius 1 is 0.358 bits per heavy atom. The Balaban J connectivity index is 0.000000118. The van der Waals surface area contributed by atoms with E-state index in [1.807, 2.05) is 231 Å². The van der Waals surface area contributed by atoms with Gasteiger partial charge in [-0.2, -0.15) is 25.5 Å². The lowest BCUT2D eigenvalue weighted by Gasteiger charge is -2.06. The maximum Gasteiger partial charge on any atom is 0.231 e. The number of nitrogens with two attached hydrogens (primary N) is 1. The van der Waals surface area contributed by atoms with Gasteiger partial charge in [-0.25, -0.2) is 4.39 Å². The molecule has 0 amide bonds. The fourth-order valence-electron chi connectivity index (χ4n) is 11.3. The highest BCUT2D eigenvalue weighted by Crippen LogP contribution is 2.40. The molecule has 7 heterocycles. The van der Waals surface area contributed by atoms with Crippen molar-refractivity contribution < 1.29 is 43.8 Å². The number of hydrogen-bond acceptors (Lipinski definition) is 14. The third-order valence-corrected chi connectivity index (χ3v) is 19.2. The number of halogens is 6. The predicted octanol–water partition coefficient (Wildman–Crippen LogP) is 20.4. The molecule has 19 nitrogen and oxygen atoms in total. The van der Waals surface area contributed by atoms with Crippen molar-refractivity contribution in [3.8, 4) is 147 Å². The first-order valence-electron chi connectivity index (χ1n) is 32.8. The van der Waals surface area contributed by atoms with Crippen molar-refractivity contribution in [2.24, 2.45) is 0 Å². The zero-order valence-corrected chi connectivity index (χ0v) is 63.8. The summed E-state index contributed by atoms with van der Waals surface area (Å²) in [7, 11) is 0. The molecule has 0 unspecified atom stereocenters. The second-order valence-corrected chi connectivity index (χ2v) is 28.4. The number of aromatic nitrogens is 10. The molecule has 0 bridgehead atoms. The average molecular weight is 1740 g/mol. The lowest BCUT2D eigenvalue weighted by atomic mass is 10.0. The van der Waals surface area contributed by atoms with Gasteiger partial charge in [-0.1, -0.05) is 165 Å². The lowest BCUT2D eigenvalue weighted by molar-refractivity contribution is 0.173. The SMILES string of the molecule is Brc1cccc(-c2cc(-c3ccc4c(c3)OCO4)[nH]n2)c1.FCCn1nc(-c2ccc3c(c2)OCO3)cc1-c1cccc(Br)c1.Nc1ccc(-c2cc(-c3cccc(Br)c3)n[nH]2)cc1.OCc1ccc(-c2cc(-c3cccc(Br)c3)n[nH]2)cc1CO.Oc1ccc(-c2cc(-c3cccc(Br)c3)n[nH]2)cc1O. The van der Waals surface area contributed by atoms with Crippen LogP contribution in [-0.2, 0) is 19.8 Å². The van der Waals surface area contributed by atoms with E-state index in [1.54, 1.807) is 10.7 Å². The molecule has 2 aliphatic heterocycles. The number of aliphatic hydroxyl groups is 2. The third kappa shape index (κ3) is 18.2. The minimum atomic E-state index is -0.469. The largest absolute Gasteiger partial charge is 0.504 e. The van der Waals surface area contributed by atoms with Crippen LogP contribution < -0.4 is 24.7 Å². The molecular weight excluding hydrogens is 1670 g/mol. The number of aliphatic hydroxyl groups excluding tert-OH is 2. The number of hydrogen-bond donors (Lipinski definition) is 9. The van der Waals surface area contributed by atoms with Crippen molar-refractivity contribution in [3.63, 3.8) is 0 Å². The molecule has 10 aromatic carbocycles. The van der Waals surface area contributed by atoms with Gasteiger partial charge < -0.3 is 45.1 Å². The van der Waals surface area contributed by atoms with Crippen LogP contribution in [0.15, 0.2) is 271 Å². The van der Waals surface area contributed by atoms with Gasteiger partial charge in [0.05, 0.1) is 76.7 Å². The number of fused-ring (bicyclic) bond motifs is 2. The van der Waals surface area contributed by atoms with Crippen LogP contribution in [0.4, 0.5) is 10.1 Å². The Morgan fingerprint density at radius 2 is 0.726 bits per heavy atom. The van der Waals surface area contributed by atoms with Gasteiger partial charge in [-0.15, -0.1) is 0 Å². The molecule has 5 aromatic heterocycles. The van der Waals surface area contributed by atoms with Crippen molar-refractivity contribution in [1.29, 1.82) is 0 Å². The van der Waals surface area contributed by atoms with Crippen molar-refractivity contribution in [2.45, 2.75) is 19.8 Å². The molecule has 0 saturated carbocycles. The molecule has 0 saturated heterocycles. The van der Waals surface area contributed by atoms with Crippen LogP contribution in [-0.4, -0.2) is 91.3 Å². The summed E-state index contributed by atoms with van der Waals surface area (Å²) < 4.78 is 41.2. The van der Waals surface area contributed by atoms with Crippen molar-refractivity contribution in [3.05, 3.63) is 282 Å². The molecule has 0 radical (unpaired) electrons. The first-order valence-corrected chi connectivity index (χ1v) is 36.7. The van der Waals surface area contributed by atoms with Crippen molar-refractivity contribution in [2.75, 3.05) is 26.0 Å². The first kappa shape index (κ1) is 73.4. The van der Waals surface area contributed by atoms with Crippen LogP contribution in [0.5, 0.6) is 34.5 Å². The highest BCUT2D eigenvalue weighted by Gasteiger charge is 2.20. The van der Waals surface area contributed by atoms with Gasteiger partial charge >= 0.3 is 0 Å². The third-order valence-electron chi connectivity index (χ3n) is 16.7. The van der Waals surface area contributed by atoms with Gasteiger partial charge in [0.2, 0.25) is 13.6 Å². The fourth-order valence-corrected chi connectivity index (χ4v) is 13.3. The second kappa shape index (κ2) is 34.3. The van der Waals surface area contributed by atoms with Gasteiger partial charge in [-0.3, -0.25) is 25.1 Å². The van der Waals surface area contributed by atoms with E-state index in [4.69, 9.17) is 24.7 Å². The predicted molar refractivity (Wildman–Crippen MR) is 427 cm³/mol. The number of aryl methyl sites for hydroxylation is 1. The van der Waals surface area contributed by atoms with E-state index < -0.39 is 6.67 Å². The Kier molecular flexibility index (Phi) is 23.8. The summed E-state index contributed by atoms with van der Waals surface area (Å²) in [6, 6.07) is 79.2. The van der Waals surface area contributed by atoms with E-state index in [-0.39, 0.29) is 44.8 Å². The summed E-state index contributed by atoms with van der Waals surface area (Å²) in [5.41, 5.74) is 26.4. The number of aromatic amines is 4. The smallest absolute Gasteiger partial charge is 0.231 e. The van der Waals surface area contributed by atoms with Crippen LogP contribution >= 0.6 is 79.6 Å². The molecule has 0 spiro atoms. The highest BCUT2D eigenvalue weighted by atomic mass is 79.9. The Hall–Kier alpha value is -10.9. The number of phenolic OH excluding ortho intramolecular Hbond substituents is 2. The van der Waals surface area contributed by atoms with Crippen LogP contribution in [0.1, 0.15) is 11.1 Å². The van der Waals surface area contributed by atoms with Crippen LogP contribution in [0, 0.1) is 0 Å². The molecule has 15 aromatic rings. The fraction of sp³-hybridized carbons (Fsp3) is 0.0741. The van der Waals surface area contributed by atoms with Gasteiger partial charge in [0.1, 0.15) is 6.67 Å². The molecule has 0 aliphatic carbocycles. The molecule has 25 heteroatoms. The van der Waals surface area contributed by atoms with E-state index in [1.165, 1.54) is 12.1 Å². The first-order chi connectivity index (χ1) is 51.6. The number of H-pyrrole nitrogens is 4. The summed E-state index contributed by atoms with van der Waals surface area (Å²) in [6.07, 6.45) is 0. The number of aromatic hydroxyl groups is 2. The lowest BCUT2D eigenvalue weighted by Crippen LogP contribution is -2.03. The summed E-state index contributed by atoms with van der Waals surface area (Å²) in [5.74, 6) is 2.70. The Labute approximate surface area is 649 Å². The maximum absolute atomic E-state index is 12.9. The molecule has 0 fully saturated rings. The van der Waals surface area contributed by atoms with E-state index in [0.29, 0.717) is 5.75 Å². The number of nitrogens with one attached hydrogen (secondary N) is 4. The minimum absolute atomic E-state index is 0.0809. The quantitative estimate of drug-likeness (QED) is 0.0362. The van der Waals surface area contributed by atoms with Gasteiger partial charge in [0.15, 0.2) is 34.5 Å². The molecule has 2 aliphatic rings. The molecule has 17 rings (SSSR count). The number of benzene rings is 10. The van der Waals surface area contributed by atoms with E-state index in [9.17, 15) is 24.8 Å². The number of phenols is 2. The second-order valence-electron chi connectivity index (χ2n) is 23.8. The van der Waals surface area contributed by atoms with Gasteiger partial charge in [-0.05, 0) is 186 Å². The number of nitrogens with zero attached hydrogens (tertiary/aromatic N) is 6. The summed E-state index contributed by atoms with van der Waals surface area (Å²) in [5, 5.41) is 71.5. The minimum Gasteiger partial charge on any atom is -0.504 e. The Bertz CT molecular complexity index is 5550. The van der Waals surface area contributed by atoms with Crippen molar-refractivity contribution in [1.82, 2.24) is 50.6 Å². The number of alkyl halides is 1. The highest BCUT2D eigenvalue weighted by molar-refractivity contribution is 9.11. The number of nitrogen functional groups attached to an aromatic ring is 1. The zero-order chi connectivity index (χ0) is 73.6. The molecular formula is C81H63Br5FN11O8. The van der Waals surface area contributed by atoms with Crippen LogP contribution in [0.2, 0.25) is 0 Å². The molecule has 10 N–H and O–H groups in total. The van der Waals surface area contributed by atoms with Gasteiger partial charge in [0, 0.05) is 72.6 Å². The van der Waals surface area contributed by atoms with E-state index in [0.717, 1.165) is 169 Å². The van der Waals surface area contributed by atoms with Gasteiger partial charge in [0.25, 0.3) is 0 Å². The van der Waals surface area contributed by atoms with Crippen molar-refractivity contribution >= 4 is 85.3 Å². The number of anilines is 1. The van der Waals surface area contributed by atoms with E-state index in [2.05, 4.69) is 126 Å². The maximum atomic E-state index is 12.9. The summed E-state index contributed by atoms with van der Waals surface area (Å²) >= 11 is 17.3. The number of rotatable bonds is 14. The molecule has 106 heavy (non-hydrogen) atoms. The Morgan fingerprint density at radius 3 is 1.17 bits per heavy atom. The van der Waals surface area contributed by atoms with Crippen LogP contribution in [0.3, 0.4) is 0 Å². The number of ether oxygens (including phenoxy) is 4. The topological polar surface area (TPSA) is 276 Å². The standard InChI is InChI=1S/C18H14BrFN2O2.C17H15BrN2O2.C16H11BrN2O2.C15H12BrN3.C15H11BrN2O2/c19-14-3-1-2-13(8-14)16-10-15(21-22(16)7-6-20)12-4-5-17-18(9-12)24-11-23-17;18-15-3-1-2-11(7-15)16-8-17(20-19-16)12-4-5-13(9-21)14(6-12)10-22;17-12-3-1-2-10(6-12)13-8-14(19-18-13)11-4-5-15-16(7-11)21-9-20-15;16-12-3-1-2-11(8-12)15-9-14(18-19-15)10-4-6-13(17)7-5-10;16-11-3-1-2-9(6-11)12-8-13(18-17-12)10-4-5-14(19)15(20)7-10/h1-5,8-10H,6-7,11H2;1-8,21-22H,9-10H2,(H,19,20);1-8H,9H2,(H,18,19);1-9H,17H2,(H,18,19);1-8,19-20H,(H,17,18). The summed E-state index contributed by atoms with van der Waals surface area (Å²) in [4.78, 5) is 0. The molecule has 532 valence electrons. The summed E-state index contributed by atoms with van der Waals surface area (Å²) in [6.45, 7) is 0.0812. The van der Waals surface area contributed by atoms with Crippen LogP contribution in [0.25, 0.3) is 113 Å². The zero-order valence-electron chi connectivity index (χ0n) is 55.9. The normalized spacial score (nSPS) is 11.5. The molecule has 0 atom stereocenters. The monoisotopic (exact) mass is 1730 g/mol. The average Bonchev–Trinajstić information content (AvgIpc) is 1.65.